The van der Waals surface area contributed by atoms with Gasteiger partial charge in [-0.15, -0.1) is 0 Å². The SMILES string of the molecule is CC1CC(N)CCN1c1cccc(C(F)(F)F)n1. The van der Waals surface area contributed by atoms with Gasteiger partial charge in [-0.1, -0.05) is 6.07 Å². The highest BCUT2D eigenvalue weighted by atomic mass is 19.4. The van der Waals surface area contributed by atoms with E-state index in [4.69, 9.17) is 5.73 Å². The summed E-state index contributed by atoms with van der Waals surface area (Å²) in [6.45, 7) is 2.61. The molecule has 6 heteroatoms. The molecule has 0 aliphatic carbocycles. The van der Waals surface area contributed by atoms with Crippen LogP contribution in [0, 0.1) is 0 Å². The Bertz CT molecular complexity index is 419. The van der Waals surface area contributed by atoms with Crippen molar-refractivity contribution in [3.8, 4) is 0 Å². The Labute approximate surface area is 104 Å². The maximum absolute atomic E-state index is 12.6. The molecular weight excluding hydrogens is 243 g/mol. The second-order valence-electron chi connectivity index (χ2n) is 4.71. The van der Waals surface area contributed by atoms with Gasteiger partial charge in [0.25, 0.3) is 0 Å². The number of rotatable bonds is 1. The maximum Gasteiger partial charge on any atom is 0.433 e. The minimum Gasteiger partial charge on any atom is -0.354 e. The van der Waals surface area contributed by atoms with E-state index in [9.17, 15) is 13.2 Å². The normalized spacial score (nSPS) is 25.3. The van der Waals surface area contributed by atoms with Gasteiger partial charge in [-0.25, -0.2) is 4.98 Å². The van der Waals surface area contributed by atoms with Crippen LogP contribution in [0.2, 0.25) is 0 Å². The van der Waals surface area contributed by atoms with Crippen molar-refractivity contribution >= 4 is 5.82 Å². The molecule has 1 aromatic rings. The summed E-state index contributed by atoms with van der Waals surface area (Å²) in [5.74, 6) is 0.379. The molecule has 3 nitrogen and oxygen atoms in total. The van der Waals surface area contributed by atoms with Crippen molar-refractivity contribution in [1.82, 2.24) is 4.98 Å². The zero-order chi connectivity index (χ0) is 13.3. The van der Waals surface area contributed by atoms with Crippen LogP contribution in [0.3, 0.4) is 0 Å². The zero-order valence-corrected chi connectivity index (χ0v) is 10.1. The molecule has 0 aromatic carbocycles. The Morgan fingerprint density at radius 2 is 2.11 bits per heavy atom. The van der Waals surface area contributed by atoms with E-state index in [1.807, 2.05) is 11.8 Å². The first kappa shape index (κ1) is 13.1. The van der Waals surface area contributed by atoms with Crippen LogP contribution in [0.5, 0.6) is 0 Å². The minimum atomic E-state index is -4.40. The molecule has 0 radical (unpaired) electrons. The standard InChI is InChI=1S/C12H16F3N3/c1-8-7-9(16)5-6-18(8)11-4-2-3-10(17-11)12(13,14)15/h2-4,8-9H,5-7,16H2,1H3. The molecule has 1 fully saturated rings. The van der Waals surface area contributed by atoms with Gasteiger partial charge in [-0.3, -0.25) is 0 Å². The summed E-state index contributed by atoms with van der Waals surface area (Å²) < 4.78 is 37.8. The summed E-state index contributed by atoms with van der Waals surface area (Å²) in [6.07, 6.45) is -2.84. The van der Waals surface area contributed by atoms with Crippen molar-refractivity contribution in [1.29, 1.82) is 0 Å². The van der Waals surface area contributed by atoms with Crippen LogP contribution < -0.4 is 10.6 Å². The number of hydrogen-bond donors (Lipinski definition) is 1. The fourth-order valence-electron chi connectivity index (χ4n) is 2.29. The Kier molecular flexibility index (Phi) is 3.47. The molecule has 0 spiro atoms. The highest BCUT2D eigenvalue weighted by molar-refractivity contribution is 5.41. The number of pyridine rings is 1. The van der Waals surface area contributed by atoms with E-state index in [0.717, 1.165) is 18.9 Å². The monoisotopic (exact) mass is 259 g/mol. The maximum atomic E-state index is 12.6. The fourth-order valence-corrected chi connectivity index (χ4v) is 2.29. The number of nitrogens with two attached hydrogens (primary N) is 1. The molecule has 2 atom stereocenters. The minimum absolute atomic E-state index is 0.115. The van der Waals surface area contributed by atoms with Gasteiger partial charge in [0.15, 0.2) is 0 Å². The van der Waals surface area contributed by atoms with E-state index in [1.165, 1.54) is 6.07 Å². The highest BCUT2D eigenvalue weighted by Crippen LogP contribution is 2.30. The summed E-state index contributed by atoms with van der Waals surface area (Å²) in [6, 6.07) is 4.24. The zero-order valence-electron chi connectivity index (χ0n) is 10.1. The number of nitrogens with zero attached hydrogens (tertiary/aromatic N) is 2. The van der Waals surface area contributed by atoms with E-state index in [2.05, 4.69) is 4.98 Å². The number of piperidine rings is 1. The number of hydrogen-bond acceptors (Lipinski definition) is 3. The van der Waals surface area contributed by atoms with Gasteiger partial charge < -0.3 is 10.6 Å². The molecule has 1 saturated heterocycles. The van der Waals surface area contributed by atoms with Crippen molar-refractivity contribution in [3.05, 3.63) is 23.9 Å². The lowest BCUT2D eigenvalue weighted by molar-refractivity contribution is -0.141. The summed E-state index contributed by atoms with van der Waals surface area (Å²) in [4.78, 5) is 5.59. The third-order valence-electron chi connectivity index (χ3n) is 3.24. The first-order valence-corrected chi connectivity index (χ1v) is 5.94. The highest BCUT2D eigenvalue weighted by Gasteiger charge is 2.33. The predicted octanol–water partition coefficient (Wildman–Crippen LogP) is 2.42. The van der Waals surface area contributed by atoms with Crippen LogP contribution in [0.25, 0.3) is 0 Å². The molecule has 1 aromatic heterocycles. The fraction of sp³-hybridized carbons (Fsp3) is 0.583. The summed E-state index contributed by atoms with van der Waals surface area (Å²) in [5.41, 5.74) is 4.99. The first-order valence-electron chi connectivity index (χ1n) is 5.94. The van der Waals surface area contributed by atoms with Crippen LogP contribution >= 0.6 is 0 Å². The van der Waals surface area contributed by atoms with Crippen molar-refractivity contribution in [3.63, 3.8) is 0 Å². The van der Waals surface area contributed by atoms with Gasteiger partial charge in [0.1, 0.15) is 11.5 Å². The molecule has 0 saturated carbocycles. The summed E-state index contributed by atoms with van der Waals surface area (Å²) >= 11 is 0. The van der Waals surface area contributed by atoms with Crippen molar-refractivity contribution in [2.45, 2.75) is 38.0 Å². The average Bonchev–Trinajstić information content (AvgIpc) is 2.28. The van der Waals surface area contributed by atoms with Crippen LogP contribution in [0.15, 0.2) is 18.2 Å². The molecule has 2 N–H and O–H groups in total. The Balaban J connectivity index is 2.23. The Morgan fingerprint density at radius 1 is 1.39 bits per heavy atom. The van der Waals surface area contributed by atoms with E-state index in [0.29, 0.717) is 12.4 Å². The third kappa shape index (κ3) is 2.75. The molecule has 18 heavy (non-hydrogen) atoms. The summed E-state index contributed by atoms with van der Waals surface area (Å²) in [5, 5.41) is 0. The molecule has 2 unspecified atom stereocenters. The number of aromatic nitrogens is 1. The smallest absolute Gasteiger partial charge is 0.354 e. The Morgan fingerprint density at radius 3 is 2.72 bits per heavy atom. The van der Waals surface area contributed by atoms with Gasteiger partial charge in [-0.2, -0.15) is 13.2 Å². The molecule has 1 aliphatic rings. The van der Waals surface area contributed by atoms with Gasteiger partial charge in [0, 0.05) is 18.6 Å². The van der Waals surface area contributed by atoms with Gasteiger partial charge in [-0.05, 0) is 31.9 Å². The lowest BCUT2D eigenvalue weighted by Gasteiger charge is -2.37. The third-order valence-corrected chi connectivity index (χ3v) is 3.24. The molecule has 1 aliphatic heterocycles. The van der Waals surface area contributed by atoms with E-state index < -0.39 is 11.9 Å². The molecule has 2 rings (SSSR count). The van der Waals surface area contributed by atoms with Crippen LogP contribution in [0.1, 0.15) is 25.5 Å². The molecular formula is C12H16F3N3. The van der Waals surface area contributed by atoms with E-state index in [1.54, 1.807) is 6.07 Å². The van der Waals surface area contributed by atoms with Crippen molar-refractivity contribution in [2.24, 2.45) is 5.73 Å². The number of halogens is 3. The predicted molar refractivity (Wildman–Crippen MR) is 63.3 cm³/mol. The van der Waals surface area contributed by atoms with Crippen LogP contribution in [-0.2, 0) is 6.18 Å². The van der Waals surface area contributed by atoms with Gasteiger partial charge >= 0.3 is 6.18 Å². The molecule has 100 valence electrons. The number of alkyl halides is 3. The average molecular weight is 259 g/mol. The van der Waals surface area contributed by atoms with Crippen molar-refractivity contribution in [2.75, 3.05) is 11.4 Å². The topological polar surface area (TPSA) is 42.1 Å². The van der Waals surface area contributed by atoms with E-state index >= 15 is 0 Å². The second kappa shape index (κ2) is 4.76. The summed E-state index contributed by atoms with van der Waals surface area (Å²) in [7, 11) is 0. The second-order valence-corrected chi connectivity index (χ2v) is 4.71. The Hall–Kier alpha value is -1.30. The molecule has 2 heterocycles. The van der Waals surface area contributed by atoms with Crippen molar-refractivity contribution < 1.29 is 13.2 Å². The lowest BCUT2D eigenvalue weighted by atomic mass is 9.99. The van der Waals surface area contributed by atoms with Crippen LogP contribution in [0.4, 0.5) is 19.0 Å². The van der Waals surface area contributed by atoms with Gasteiger partial charge in [0.2, 0.25) is 0 Å². The largest absolute Gasteiger partial charge is 0.433 e. The van der Waals surface area contributed by atoms with Crippen LogP contribution in [-0.4, -0.2) is 23.6 Å². The first-order chi connectivity index (χ1) is 8.38. The van der Waals surface area contributed by atoms with Gasteiger partial charge in [0.05, 0.1) is 0 Å². The van der Waals surface area contributed by atoms with E-state index in [-0.39, 0.29) is 12.1 Å². The number of anilines is 1. The molecule has 0 amide bonds. The lowest BCUT2D eigenvalue weighted by Crippen LogP contribution is -2.46. The quantitative estimate of drug-likeness (QED) is 0.842. The molecule has 0 bridgehead atoms.